The van der Waals surface area contributed by atoms with Gasteiger partial charge in [0.15, 0.2) is 22.4 Å². The number of carbonyl (C=O) groups excluding carboxylic acids is 1. The normalized spacial score (nSPS) is 14.8. The fraction of sp³-hybridized carbons (Fsp3) is 0.389. The van der Waals surface area contributed by atoms with Gasteiger partial charge in [-0.25, -0.2) is 19.3 Å². The number of methoxy groups -OCH3 is 1. The van der Waals surface area contributed by atoms with Gasteiger partial charge in [-0.1, -0.05) is 11.6 Å². The van der Waals surface area contributed by atoms with Gasteiger partial charge in [-0.2, -0.15) is 5.10 Å². The molecule has 4 heterocycles. The van der Waals surface area contributed by atoms with Crippen molar-refractivity contribution >= 4 is 39.8 Å². The number of aromatic nitrogens is 4. The highest BCUT2D eigenvalue weighted by Gasteiger charge is 2.31. The Balaban J connectivity index is 1.63. The Labute approximate surface area is 180 Å². The first kappa shape index (κ1) is 20.4. The van der Waals surface area contributed by atoms with E-state index in [9.17, 15) is 9.59 Å². The SMILES string of the molecule is COc1c(Cl)nc(-c2cnn3ccsc23)nc1C(=O)N1CCC(N(C)C(=O)O)CC1. The average Bonchev–Trinajstić information content (AvgIpc) is 3.36. The molecule has 1 aliphatic rings. The molecular formula is C18H19ClN6O4S. The Kier molecular flexibility index (Phi) is 5.48. The number of amides is 2. The zero-order valence-electron chi connectivity index (χ0n) is 16.3. The number of carbonyl (C=O) groups is 2. The summed E-state index contributed by atoms with van der Waals surface area (Å²) in [6.07, 6.45) is 3.56. The number of halogens is 1. The van der Waals surface area contributed by atoms with E-state index in [1.165, 1.54) is 23.3 Å². The van der Waals surface area contributed by atoms with E-state index < -0.39 is 6.09 Å². The Morgan fingerprint density at radius 3 is 2.73 bits per heavy atom. The number of nitrogens with zero attached hydrogens (tertiary/aromatic N) is 6. The molecular weight excluding hydrogens is 432 g/mol. The quantitative estimate of drug-likeness (QED) is 0.608. The van der Waals surface area contributed by atoms with Crippen LogP contribution in [0.5, 0.6) is 5.75 Å². The number of rotatable bonds is 4. The van der Waals surface area contributed by atoms with Crippen molar-refractivity contribution in [1.82, 2.24) is 29.4 Å². The summed E-state index contributed by atoms with van der Waals surface area (Å²) in [7, 11) is 2.95. The van der Waals surface area contributed by atoms with E-state index in [1.54, 1.807) is 22.7 Å². The number of hydrogen-bond acceptors (Lipinski definition) is 7. The molecule has 12 heteroatoms. The summed E-state index contributed by atoms with van der Waals surface area (Å²) >= 11 is 7.79. The molecule has 1 aliphatic heterocycles. The molecule has 3 aromatic rings. The van der Waals surface area contributed by atoms with E-state index >= 15 is 0 Å². The van der Waals surface area contributed by atoms with Crippen LogP contribution in [-0.4, -0.2) is 79.8 Å². The van der Waals surface area contributed by atoms with Crippen LogP contribution in [0.25, 0.3) is 16.2 Å². The number of fused-ring (bicyclic) bond motifs is 1. The maximum atomic E-state index is 13.2. The van der Waals surface area contributed by atoms with Gasteiger partial charge in [0.2, 0.25) is 0 Å². The van der Waals surface area contributed by atoms with Crippen LogP contribution >= 0.6 is 22.9 Å². The smallest absolute Gasteiger partial charge is 0.407 e. The topological polar surface area (TPSA) is 113 Å². The Hall–Kier alpha value is -2.92. The number of hydrogen-bond donors (Lipinski definition) is 1. The summed E-state index contributed by atoms with van der Waals surface area (Å²) in [6, 6.07) is -0.127. The molecule has 158 valence electrons. The molecule has 0 saturated carbocycles. The van der Waals surface area contributed by atoms with E-state index in [4.69, 9.17) is 21.4 Å². The predicted molar refractivity (Wildman–Crippen MR) is 110 cm³/mol. The molecule has 1 N–H and O–H groups in total. The van der Waals surface area contributed by atoms with E-state index in [1.807, 2.05) is 11.6 Å². The summed E-state index contributed by atoms with van der Waals surface area (Å²) < 4.78 is 7.02. The molecule has 1 fully saturated rings. The van der Waals surface area contributed by atoms with Crippen molar-refractivity contribution in [3.8, 4) is 17.1 Å². The third-order valence-corrected chi connectivity index (χ3v) is 6.35. The lowest BCUT2D eigenvalue weighted by Gasteiger charge is -2.35. The second kappa shape index (κ2) is 8.07. The maximum absolute atomic E-state index is 13.2. The monoisotopic (exact) mass is 450 g/mol. The van der Waals surface area contributed by atoms with Gasteiger partial charge in [-0.3, -0.25) is 4.79 Å². The highest BCUT2D eigenvalue weighted by Crippen LogP contribution is 2.32. The third kappa shape index (κ3) is 3.54. The van der Waals surface area contributed by atoms with Crippen LogP contribution in [-0.2, 0) is 0 Å². The number of likely N-dealkylation sites (tertiary alicyclic amines) is 1. The second-order valence-corrected chi connectivity index (χ2v) is 8.10. The zero-order chi connectivity index (χ0) is 21.4. The van der Waals surface area contributed by atoms with Crippen LogP contribution in [0.3, 0.4) is 0 Å². The van der Waals surface area contributed by atoms with Gasteiger partial charge < -0.3 is 19.6 Å². The summed E-state index contributed by atoms with van der Waals surface area (Å²) in [5.74, 6) is 0.0790. The minimum atomic E-state index is -0.977. The standard InChI is InChI=1S/C18H19ClN6O4S/c1-23(18(27)28)10-3-5-24(6-4-10)16(26)12-13(29-2)14(19)22-15(21-12)11-9-20-25-7-8-30-17(11)25/h7-10H,3-6H2,1-2H3,(H,27,28). The molecule has 0 radical (unpaired) electrons. The van der Waals surface area contributed by atoms with Crippen LogP contribution < -0.4 is 4.74 Å². The summed E-state index contributed by atoms with van der Waals surface area (Å²) in [5, 5.41) is 15.3. The largest absolute Gasteiger partial charge is 0.491 e. The highest BCUT2D eigenvalue weighted by atomic mass is 35.5. The van der Waals surface area contributed by atoms with Gasteiger partial charge in [-0.15, -0.1) is 11.3 Å². The summed E-state index contributed by atoms with van der Waals surface area (Å²) in [6.45, 7) is 0.814. The Bertz CT molecular complexity index is 1110. The highest BCUT2D eigenvalue weighted by molar-refractivity contribution is 7.16. The molecule has 0 atom stereocenters. The molecule has 4 rings (SSSR count). The lowest BCUT2D eigenvalue weighted by molar-refractivity contribution is 0.0635. The molecule has 30 heavy (non-hydrogen) atoms. The average molecular weight is 451 g/mol. The first-order valence-corrected chi connectivity index (χ1v) is 10.4. The minimum absolute atomic E-state index is 0.0438. The molecule has 0 bridgehead atoms. The lowest BCUT2D eigenvalue weighted by Crippen LogP contribution is -2.47. The van der Waals surface area contributed by atoms with Crippen molar-refractivity contribution < 1.29 is 19.4 Å². The fourth-order valence-corrected chi connectivity index (χ4v) is 4.55. The van der Waals surface area contributed by atoms with Gasteiger partial charge in [0.05, 0.1) is 18.9 Å². The van der Waals surface area contributed by atoms with Crippen molar-refractivity contribution in [2.75, 3.05) is 27.2 Å². The van der Waals surface area contributed by atoms with Crippen LogP contribution in [0.2, 0.25) is 5.15 Å². The third-order valence-electron chi connectivity index (χ3n) is 5.20. The van der Waals surface area contributed by atoms with Crippen LogP contribution in [0, 0.1) is 0 Å². The molecule has 0 unspecified atom stereocenters. The number of carboxylic acid groups (broad SMARTS) is 1. The zero-order valence-corrected chi connectivity index (χ0v) is 17.9. The van der Waals surface area contributed by atoms with Crippen molar-refractivity contribution in [2.24, 2.45) is 0 Å². The molecule has 2 amide bonds. The number of ether oxygens (including phenoxy) is 1. The van der Waals surface area contributed by atoms with Crippen molar-refractivity contribution in [3.63, 3.8) is 0 Å². The maximum Gasteiger partial charge on any atom is 0.407 e. The first-order chi connectivity index (χ1) is 14.4. The molecule has 10 nitrogen and oxygen atoms in total. The molecule has 0 aliphatic carbocycles. The van der Waals surface area contributed by atoms with Crippen LogP contribution in [0.15, 0.2) is 17.8 Å². The van der Waals surface area contributed by atoms with E-state index in [-0.39, 0.29) is 28.5 Å². The van der Waals surface area contributed by atoms with E-state index in [0.29, 0.717) is 37.3 Å². The Morgan fingerprint density at radius 2 is 2.07 bits per heavy atom. The number of thiazole rings is 1. The van der Waals surface area contributed by atoms with Crippen LogP contribution in [0.1, 0.15) is 23.3 Å². The first-order valence-electron chi connectivity index (χ1n) is 9.18. The van der Waals surface area contributed by atoms with Crippen molar-refractivity contribution in [2.45, 2.75) is 18.9 Å². The van der Waals surface area contributed by atoms with Gasteiger partial charge in [0, 0.05) is 37.8 Å². The molecule has 0 spiro atoms. The molecule has 1 saturated heterocycles. The Morgan fingerprint density at radius 1 is 1.33 bits per heavy atom. The predicted octanol–water partition coefficient (Wildman–Crippen LogP) is 2.73. The van der Waals surface area contributed by atoms with Crippen molar-refractivity contribution in [1.29, 1.82) is 0 Å². The molecule has 0 aromatic carbocycles. The van der Waals surface area contributed by atoms with E-state index in [2.05, 4.69) is 15.1 Å². The van der Waals surface area contributed by atoms with Gasteiger partial charge in [0.1, 0.15) is 4.83 Å². The van der Waals surface area contributed by atoms with Crippen molar-refractivity contribution in [3.05, 3.63) is 28.6 Å². The summed E-state index contributed by atoms with van der Waals surface area (Å²) in [4.78, 5) is 36.9. The number of piperidine rings is 1. The van der Waals surface area contributed by atoms with Gasteiger partial charge in [0.25, 0.3) is 5.91 Å². The lowest BCUT2D eigenvalue weighted by atomic mass is 10.0. The summed E-state index contributed by atoms with van der Waals surface area (Å²) in [5.41, 5.74) is 0.749. The van der Waals surface area contributed by atoms with E-state index in [0.717, 1.165) is 4.83 Å². The second-order valence-electron chi connectivity index (χ2n) is 6.85. The van der Waals surface area contributed by atoms with Gasteiger partial charge >= 0.3 is 6.09 Å². The fourth-order valence-electron chi connectivity index (χ4n) is 3.51. The van der Waals surface area contributed by atoms with Crippen LogP contribution in [0.4, 0.5) is 4.79 Å². The minimum Gasteiger partial charge on any atom is -0.491 e. The van der Waals surface area contributed by atoms with Gasteiger partial charge in [-0.05, 0) is 12.8 Å². The molecule has 3 aromatic heterocycles.